The lowest BCUT2D eigenvalue weighted by Gasteiger charge is -2.34. The monoisotopic (exact) mass is 707 g/mol. The molecule has 0 fully saturated rings. The van der Waals surface area contributed by atoms with Gasteiger partial charge in [0, 0.05) is 29.5 Å². The van der Waals surface area contributed by atoms with Crippen LogP contribution in [-0.2, 0) is 32.6 Å². The summed E-state index contributed by atoms with van der Waals surface area (Å²) in [6.07, 6.45) is 0.223. The van der Waals surface area contributed by atoms with Gasteiger partial charge in [-0.15, -0.1) is 0 Å². The quantitative estimate of drug-likeness (QED) is 0.177. The van der Waals surface area contributed by atoms with Crippen molar-refractivity contribution < 1.29 is 27.5 Å². The minimum absolute atomic E-state index is 0.00881. The molecule has 9 nitrogen and oxygen atoms in total. The van der Waals surface area contributed by atoms with E-state index in [4.69, 9.17) is 9.47 Å². The molecule has 46 heavy (non-hydrogen) atoms. The lowest BCUT2D eigenvalue weighted by atomic mass is 10.0. The number of amides is 2. The molecule has 0 saturated carbocycles. The summed E-state index contributed by atoms with van der Waals surface area (Å²) in [6, 6.07) is 28.3. The van der Waals surface area contributed by atoms with Gasteiger partial charge in [0.25, 0.3) is 10.0 Å². The van der Waals surface area contributed by atoms with Gasteiger partial charge in [-0.1, -0.05) is 76.6 Å². The van der Waals surface area contributed by atoms with Crippen molar-refractivity contribution in [3.05, 3.63) is 119 Å². The van der Waals surface area contributed by atoms with Crippen LogP contribution < -0.4 is 19.1 Å². The Morgan fingerprint density at radius 3 is 2.04 bits per heavy atom. The van der Waals surface area contributed by atoms with Crippen molar-refractivity contribution >= 4 is 43.5 Å². The van der Waals surface area contributed by atoms with E-state index in [1.54, 1.807) is 30.3 Å². The van der Waals surface area contributed by atoms with Crippen LogP contribution in [-0.4, -0.2) is 58.0 Å². The number of benzene rings is 4. The van der Waals surface area contributed by atoms with Crippen molar-refractivity contribution in [2.75, 3.05) is 25.1 Å². The van der Waals surface area contributed by atoms with E-state index < -0.39 is 28.5 Å². The number of carbonyl (C=O) groups excluding carboxylic acids is 2. The molecule has 2 amide bonds. The topological polar surface area (TPSA) is 105 Å². The summed E-state index contributed by atoms with van der Waals surface area (Å²) in [5.74, 6) is -0.205. The maximum atomic E-state index is 14.6. The second-order valence-electron chi connectivity index (χ2n) is 10.9. The van der Waals surface area contributed by atoms with E-state index >= 15 is 0 Å². The van der Waals surface area contributed by atoms with Gasteiger partial charge in [-0.2, -0.15) is 0 Å². The Balaban J connectivity index is 1.84. The lowest BCUT2D eigenvalue weighted by molar-refractivity contribution is -0.140. The Labute approximate surface area is 279 Å². The summed E-state index contributed by atoms with van der Waals surface area (Å²) >= 11 is 3.50. The van der Waals surface area contributed by atoms with Gasteiger partial charge in [0.05, 0.1) is 24.8 Å². The van der Waals surface area contributed by atoms with Crippen molar-refractivity contribution in [2.24, 2.45) is 0 Å². The molecule has 0 aliphatic rings. The van der Waals surface area contributed by atoms with Gasteiger partial charge in [0.1, 0.15) is 12.6 Å². The first kappa shape index (κ1) is 34.5. The maximum absolute atomic E-state index is 14.6. The molecule has 0 radical (unpaired) electrons. The molecule has 4 aromatic carbocycles. The number of methoxy groups -OCH3 is 2. The van der Waals surface area contributed by atoms with Crippen molar-refractivity contribution in [1.82, 2.24) is 10.2 Å². The third-order valence-corrected chi connectivity index (χ3v) is 9.49. The molecule has 0 unspecified atom stereocenters. The molecular weight excluding hydrogens is 670 g/mol. The summed E-state index contributed by atoms with van der Waals surface area (Å²) in [5.41, 5.74) is 1.82. The number of ether oxygens (including phenoxy) is 2. The fourth-order valence-corrected chi connectivity index (χ4v) is 6.87. The number of hydrogen-bond acceptors (Lipinski definition) is 6. The van der Waals surface area contributed by atoms with E-state index in [0.29, 0.717) is 11.5 Å². The number of sulfonamides is 1. The first-order valence-electron chi connectivity index (χ1n) is 14.7. The Hall–Kier alpha value is -4.35. The van der Waals surface area contributed by atoms with Crippen molar-refractivity contribution in [2.45, 2.75) is 43.8 Å². The van der Waals surface area contributed by atoms with Crippen LogP contribution in [0, 0.1) is 0 Å². The SMILES string of the molecule is COc1ccc(N(CC(=O)N(Cc2cccc(Br)c2)[C@H](Cc2ccccc2)C(=O)NC(C)C)S(=O)(=O)c2ccccc2)cc1OC. The summed E-state index contributed by atoms with van der Waals surface area (Å²) in [4.78, 5) is 29.8. The molecular formula is C35H38BrN3O6S. The number of nitrogens with one attached hydrogen (secondary N) is 1. The van der Waals surface area contributed by atoms with Gasteiger partial charge in [0.15, 0.2) is 11.5 Å². The molecule has 1 N–H and O–H groups in total. The molecule has 0 aliphatic carbocycles. The predicted molar refractivity (Wildman–Crippen MR) is 182 cm³/mol. The van der Waals surface area contributed by atoms with Gasteiger partial charge in [-0.3, -0.25) is 13.9 Å². The number of hydrogen-bond donors (Lipinski definition) is 1. The van der Waals surface area contributed by atoms with Gasteiger partial charge in [-0.25, -0.2) is 8.42 Å². The smallest absolute Gasteiger partial charge is 0.264 e. The van der Waals surface area contributed by atoms with E-state index in [1.165, 1.54) is 37.3 Å². The third kappa shape index (κ3) is 8.67. The largest absolute Gasteiger partial charge is 0.493 e. The standard InChI is InChI=1S/C35H38BrN3O6S/c1-25(2)37-35(41)31(21-26-12-7-5-8-13-26)38(23-27-14-11-15-28(36)20-27)34(40)24-39(46(42,43)30-16-9-6-10-17-30)29-18-19-32(44-3)33(22-29)45-4/h5-20,22,25,31H,21,23-24H2,1-4H3,(H,37,41)/t31-/m1/s1. The van der Waals surface area contributed by atoms with Crippen LogP contribution >= 0.6 is 15.9 Å². The van der Waals surface area contributed by atoms with Gasteiger partial charge in [-0.05, 0) is 61.4 Å². The second-order valence-corrected chi connectivity index (χ2v) is 13.7. The Bertz CT molecular complexity index is 1740. The fraction of sp³-hybridized carbons (Fsp3) is 0.257. The van der Waals surface area contributed by atoms with Gasteiger partial charge in [0.2, 0.25) is 11.8 Å². The van der Waals surface area contributed by atoms with E-state index in [0.717, 1.165) is 19.9 Å². The summed E-state index contributed by atoms with van der Waals surface area (Å²) in [5, 5.41) is 2.96. The highest BCUT2D eigenvalue weighted by Gasteiger charge is 2.35. The normalized spacial score (nSPS) is 11.9. The first-order chi connectivity index (χ1) is 22.0. The Kier molecular flexibility index (Phi) is 11.8. The molecule has 0 aromatic heterocycles. The summed E-state index contributed by atoms with van der Waals surface area (Å²) < 4.78 is 41.0. The maximum Gasteiger partial charge on any atom is 0.264 e. The third-order valence-electron chi connectivity index (χ3n) is 7.21. The molecule has 11 heteroatoms. The molecule has 0 heterocycles. The first-order valence-corrected chi connectivity index (χ1v) is 16.9. The highest BCUT2D eigenvalue weighted by molar-refractivity contribution is 9.10. The van der Waals surface area contributed by atoms with Gasteiger partial charge >= 0.3 is 0 Å². The van der Waals surface area contributed by atoms with Crippen LogP contribution in [0.2, 0.25) is 0 Å². The van der Waals surface area contributed by atoms with E-state index in [1.807, 2.05) is 68.4 Å². The molecule has 4 rings (SSSR count). The highest BCUT2D eigenvalue weighted by Crippen LogP contribution is 2.34. The van der Waals surface area contributed by atoms with Crippen LogP contribution in [0.1, 0.15) is 25.0 Å². The average molecular weight is 709 g/mol. The van der Waals surface area contributed by atoms with Gasteiger partial charge < -0.3 is 19.7 Å². The lowest BCUT2D eigenvalue weighted by Crippen LogP contribution is -2.54. The van der Waals surface area contributed by atoms with Crippen LogP contribution in [0.25, 0.3) is 0 Å². The van der Waals surface area contributed by atoms with Crippen molar-refractivity contribution in [1.29, 1.82) is 0 Å². The van der Waals surface area contributed by atoms with E-state index in [-0.39, 0.29) is 35.5 Å². The highest BCUT2D eigenvalue weighted by atomic mass is 79.9. The number of nitrogens with zero attached hydrogens (tertiary/aromatic N) is 2. The molecule has 0 aliphatic heterocycles. The van der Waals surface area contributed by atoms with Crippen molar-refractivity contribution in [3.8, 4) is 11.5 Å². The second kappa shape index (κ2) is 15.8. The zero-order chi connectivity index (χ0) is 33.3. The van der Waals surface area contributed by atoms with E-state index in [2.05, 4.69) is 21.2 Å². The molecule has 1 atom stereocenters. The van der Waals surface area contributed by atoms with Crippen LogP contribution in [0.15, 0.2) is 112 Å². The molecule has 0 saturated heterocycles. The minimum atomic E-state index is -4.25. The molecule has 242 valence electrons. The van der Waals surface area contributed by atoms with Crippen LogP contribution in [0.4, 0.5) is 5.69 Å². The summed E-state index contributed by atoms with van der Waals surface area (Å²) in [7, 11) is -1.32. The number of halogens is 1. The molecule has 0 spiro atoms. The number of carbonyl (C=O) groups is 2. The average Bonchev–Trinajstić information content (AvgIpc) is 3.05. The van der Waals surface area contributed by atoms with Crippen LogP contribution in [0.5, 0.6) is 11.5 Å². The Morgan fingerprint density at radius 1 is 0.804 bits per heavy atom. The number of rotatable bonds is 14. The predicted octanol–water partition coefficient (Wildman–Crippen LogP) is 5.83. The zero-order valence-corrected chi connectivity index (χ0v) is 28.6. The molecule has 4 aromatic rings. The van der Waals surface area contributed by atoms with Crippen LogP contribution in [0.3, 0.4) is 0 Å². The molecule has 0 bridgehead atoms. The zero-order valence-electron chi connectivity index (χ0n) is 26.2. The van der Waals surface area contributed by atoms with E-state index in [9.17, 15) is 18.0 Å². The minimum Gasteiger partial charge on any atom is -0.493 e. The fourth-order valence-electron chi connectivity index (χ4n) is 5.00. The van der Waals surface area contributed by atoms with Crippen molar-refractivity contribution in [3.63, 3.8) is 0 Å². The number of anilines is 1. The Morgan fingerprint density at radius 2 is 1.43 bits per heavy atom. The summed E-state index contributed by atoms with van der Waals surface area (Å²) in [6.45, 7) is 3.18.